The van der Waals surface area contributed by atoms with Crippen LogP contribution in [0, 0.1) is 0 Å². The molecule has 0 aliphatic carbocycles. The first-order chi connectivity index (χ1) is 11.2. The lowest BCUT2D eigenvalue weighted by Gasteiger charge is -2.08. The van der Waals surface area contributed by atoms with E-state index in [1.54, 1.807) is 42.5 Å². The predicted octanol–water partition coefficient (Wildman–Crippen LogP) is 3.51. The fourth-order valence-corrected chi connectivity index (χ4v) is 2.14. The molecule has 1 N–H and O–H groups in total. The van der Waals surface area contributed by atoms with Gasteiger partial charge in [-0.25, -0.2) is 5.43 Å². The van der Waals surface area contributed by atoms with Crippen LogP contribution in [0.4, 0.5) is 0 Å². The Labute approximate surface area is 139 Å². The van der Waals surface area contributed by atoms with Crippen molar-refractivity contribution in [3.05, 3.63) is 58.6 Å². The van der Waals surface area contributed by atoms with Crippen LogP contribution in [0.15, 0.2) is 47.6 Å². The Hall–Kier alpha value is -2.53. The van der Waals surface area contributed by atoms with E-state index < -0.39 is 0 Å². The minimum absolute atomic E-state index is 0.362. The number of hydrazone groups is 1. The van der Waals surface area contributed by atoms with Crippen LogP contribution in [0.1, 0.15) is 22.8 Å². The second kappa shape index (κ2) is 8.19. The van der Waals surface area contributed by atoms with E-state index in [0.29, 0.717) is 34.3 Å². The molecule has 0 bridgehead atoms. The quantitative estimate of drug-likeness (QED) is 0.650. The zero-order chi connectivity index (χ0) is 16.7. The van der Waals surface area contributed by atoms with Gasteiger partial charge in [-0.3, -0.25) is 4.79 Å². The number of hydrogen-bond donors (Lipinski definition) is 1. The molecule has 0 aliphatic heterocycles. The highest BCUT2D eigenvalue weighted by molar-refractivity contribution is 6.30. The summed E-state index contributed by atoms with van der Waals surface area (Å²) in [4.78, 5) is 12.1. The Morgan fingerprint density at radius 2 is 2.04 bits per heavy atom. The monoisotopic (exact) mass is 332 g/mol. The summed E-state index contributed by atoms with van der Waals surface area (Å²) in [5.41, 5.74) is 3.55. The van der Waals surface area contributed by atoms with Gasteiger partial charge >= 0.3 is 0 Å². The third kappa shape index (κ3) is 4.47. The molecule has 0 radical (unpaired) electrons. The number of methoxy groups -OCH3 is 1. The molecular formula is C17H17ClN2O3. The number of rotatable bonds is 6. The Morgan fingerprint density at radius 3 is 2.78 bits per heavy atom. The van der Waals surface area contributed by atoms with Gasteiger partial charge in [0.25, 0.3) is 5.91 Å². The Balaban J connectivity index is 2.12. The van der Waals surface area contributed by atoms with E-state index in [4.69, 9.17) is 21.1 Å². The van der Waals surface area contributed by atoms with Crippen LogP contribution >= 0.6 is 11.6 Å². The van der Waals surface area contributed by atoms with Gasteiger partial charge in [-0.2, -0.15) is 5.10 Å². The number of nitrogens with one attached hydrogen (secondary N) is 1. The van der Waals surface area contributed by atoms with E-state index >= 15 is 0 Å². The van der Waals surface area contributed by atoms with Crippen LogP contribution in [-0.2, 0) is 0 Å². The van der Waals surface area contributed by atoms with Gasteiger partial charge < -0.3 is 9.47 Å². The molecule has 0 saturated carbocycles. The van der Waals surface area contributed by atoms with Gasteiger partial charge in [-0.05, 0) is 37.3 Å². The van der Waals surface area contributed by atoms with Crippen molar-refractivity contribution in [2.75, 3.05) is 13.7 Å². The standard InChI is InChI=1S/C17H17ClN2O3/c1-3-23-15-9-8-13(18)10-12(15)11-19-20-17(21)14-6-4-5-7-16(14)22-2/h4-11H,3H2,1-2H3,(H,20,21)/b19-11-. The fraction of sp³-hybridized carbons (Fsp3) is 0.176. The highest BCUT2D eigenvalue weighted by Crippen LogP contribution is 2.21. The van der Waals surface area contributed by atoms with Gasteiger partial charge in [0.15, 0.2) is 0 Å². The molecule has 5 nitrogen and oxygen atoms in total. The second-order valence-electron chi connectivity index (χ2n) is 4.51. The SMILES string of the molecule is CCOc1ccc(Cl)cc1/C=N\NC(=O)c1ccccc1OC. The molecule has 0 aromatic heterocycles. The highest BCUT2D eigenvalue weighted by Gasteiger charge is 2.10. The first kappa shape index (κ1) is 16.8. The summed E-state index contributed by atoms with van der Waals surface area (Å²) in [5, 5.41) is 4.52. The van der Waals surface area contributed by atoms with Gasteiger partial charge in [0.05, 0.1) is 25.5 Å². The number of para-hydroxylation sites is 1. The lowest BCUT2D eigenvalue weighted by Crippen LogP contribution is -2.18. The Bertz CT molecular complexity index is 717. The van der Waals surface area contributed by atoms with Crippen LogP contribution in [0.3, 0.4) is 0 Å². The average molecular weight is 333 g/mol. The molecule has 0 saturated heterocycles. The molecule has 0 atom stereocenters. The summed E-state index contributed by atoms with van der Waals surface area (Å²) in [6, 6.07) is 12.1. The summed E-state index contributed by atoms with van der Waals surface area (Å²) in [7, 11) is 1.51. The fourth-order valence-electron chi connectivity index (χ4n) is 1.96. The molecule has 23 heavy (non-hydrogen) atoms. The minimum atomic E-state index is -0.362. The van der Waals surface area contributed by atoms with E-state index in [-0.39, 0.29) is 5.91 Å². The number of nitrogens with zero attached hydrogens (tertiary/aromatic N) is 1. The molecule has 0 aliphatic rings. The predicted molar refractivity (Wildman–Crippen MR) is 90.7 cm³/mol. The number of amides is 1. The summed E-state index contributed by atoms with van der Waals surface area (Å²) in [6.45, 7) is 2.41. The Kier molecular flexibility index (Phi) is 6.00. The van der Waals surface area contributed by atoms with Crippen molar-refractivity contribution in [3.63, 3.8) is 0 Å². The summed E-state index contributed by atoms with van der Waals surface area (Å²) in [6.07, 6.45) is 1.49. The molecular weight excluding hydrogens is 316 g/mol. The van der Waals surface area contributed by atoms with Crippen molar-refractivity contribution in [2.45, 2.75) is 6.92 Å². The molecule has 0 spiro atoms. The highest BCUT2D eigenvalue weighted by atomic mass is 35.5. The maximum absolute atomic E-state index is 12.1. The van der Waals surface area contributed by atoms with Gasteiger partial charge in [0, 0.05) is 10.6 Å². The molecule has 0 heterocycles. The van der Waals surface area contributed by atoms with Crippen molar-refractivity contribution in [3.8, 4) is 11.5 Å². The number of halogens is 1. The van der Waals surface area contributed by atoms with Crippen molar-refractivity contribution in [1.29, 1.82) is 0 Å². The van der Waals surface area contributed by atoms with E-state index in [0.717, 1.165) is 0 Å². The van der Waals surface area contributed by atoms with Crippen LogP contribution in [0.5, 0.6) is 11.5 Å². The van der Waals surface area contributed by atoms with Crippen molar-refractivity contribution >= 4 is 23.7 Å². The summed E-state index contributed by atoms with van der Waals surface area (Å²) >= 11 is 5.97. The van der Waals surface area contributed by atoms with Crippen LogP contribution in [0.2, 0.25) is 5.02 Å². The van der Waals surface area contributed by atoms with Gasteiger partial charge in [-0.15, -0.1) is 0 Å². The van der Waals surface area contributed by atoms with Crippen LogP contribution < -0.4 is 14.9 Å². The number of hydrogen-bond acceptors (Lipinski definition) is 4. The molecule has 1 amide bonds. The number of carbonyl (C=O) groups excluding carboxylic acids is 1. The summed E-state index contributed by atoms with van der Waals surface area (Å²) < 4.78 is 10.6. The van der Waals surface area contributed by atoms with Gasteiger partial charge in [0.2, 0.25) is 0 Å². The second-order valence-corrected chi connectivity index (χ2v) is 4.95. The molecule has 2 aromatic rings. The molecule has 0 unspecified atom stereocenters. The number of benzene rings is 2. The van der Waals surface area contributed by atoms with Crippen molar-refractivity contribution in [2.24, 2.45) is 5.10 Å². The minimum Gasteiger partial charge on any atom is -0.496 e. The lowest BCUT2D eigenvalue weighted by atomic mass is 10.2. The largest absolute Gasteiger partial charge is 0.496 e. The van der Waals surface area contributed by atoms with Crippen LogP contribution in [-0.4, -0.2) is 25.8 Å². The first-order valence-electron chi connectivity index (χ1n) is 7.04. The van der Waals surface area contributed by atoms with Gasteiger partial charge in [0.1, 0.15) is 11.5 Å². The molecule has 0 fully saturated rings. The number of carbonyl (C=O) groups is 1. The average Bonchev–Trinajstić information content (AvgIpc) is 2.57. The lowest BCUT2D eigenvalue weighted by molar-refractivity contribution is 0.0952. The summed E-state index contributed by atoms with van der Waals surface area (Å²) in [5.74, 6) is 0.767. The van der Waals surface area contributed by atoms with Crippen molar-refractivity contribution < 1.29 is 14.3 Å². The smallest absolute Gasteiger partial charge is 0.275 e. The zero-order valence-electron chi connectivity index (χ0n) is 12.9. The maximum Gasteiger partial charge on any atom is 0.275 e. The zero-order valence-corrected chi connectivity index (χ0v) is 13.6. The van der Waals surface area contributed by atoms with Gasteiger partial charge in [-0.1, -0.05) is 23.7 Å². The van der Waals surface area contributed by atoms with E-state index in [9.17, 15) is 4.79 Å². The van der Waals surface area contributed by atoms with Crippen molar-refractivity contribution in [1.82, 2.24) is 5.43 Å². The third-order valence-corrected chi connectivity index (χ3v) is 3.23. The van der Waals surface area contributed by atoms with Crippen LogP contribution in [0.25, 0.3) is 0 Å². The Morgan fingerprint density at radius 1 is 1.26 bits per heavy atom. The first-order valence-corrected chi connectivity index (χ1v) is 7.42. The topological polar surface area (TPSA) is 59.9 Å². The van der Waals surface area contributed by atoms with E-state index in [1.165, 1.54) is 13.3 Å². The molecule has 6 heteroatoms. The third-order valence-electron chi connectivity index (χ3n) is 2.99. The normalized spacial score (nSPS) is 10.6. The molecule has 2 aromatic carbocycles. The molecule has 120 valence electrons. The number of ether oxygens (including phenoxy) is 2. The molecule has 2 rings (SSSR count). The van der Waals surface area contributed by atoms with E-state index in [1.807, 2.05) is 6.92 Å². The maximum atomic E-state index is 12.1. The van der Waals surface area contributed by atoms with E-state index in [2.05, 4.69) is 10.5 Å².